The topological polar surface area (TPSA) is 55.4 Å². The first-order chi connectivity index (χ1) is 5.40. The minimum atomic E-state index is -0.857. The van der Waals surface area contributed by atoms with Crippen molar-refractivity contribution in [2.24, 2.45) is 0 Å². The molecule has 0 aliphatic heterocycles. The highest BCUT2D eigenvalue weighted by molar-refractivity contribution is 5.92. The summed E-state index contributed by atoms with van der Waals surface area (Å²) in [7, 11) is 1.53. The number of hydrogen-bond donors (Lipinski definition) is 1. The van der Waals surface area contributed by atoms with Crippen molar-refractivity contribution in [3.63, 3.8) is 0 Å². The van der Waals surface area contributed by atoms with E-state index in [1.54, 1.807) is 20.8 Å². The Kier molecular flexibility index (Phi) is 3.89. The summed E-state index contributed by atoms with van der Waals surface area (Å²) < 4.78 is 4.95. The maximum absolute atomic E-state index is 11.1. The van der Waals surface area contributed by atoms with E-state index in [2.05, 4.69) is 5.32 Å². The molecule has 12 heavy (non-hydrogen) atoms. The summed E-state index contributed by atoms with van der Waals surface area (Å²) >= 11 is 0. The first-order valence-electron chi connectivity index (χ1n) is 3.76. The molecule has 0 saturated heterocycles. The van der Waals surface area contributed by atoms with Gasteiger partial charge in [0.2, 0.25) is 0 Å². The molecule has 0 aliphatic rings. The van der Waals surface area contributed by atoms with Crippen molar-refractivity contribution in [3.05, 3.63) is 0 Å². The van der Waals surface area contributed by atoms with E-state index >= 15 is 0 Å². The second-order valence-corrected chi connectivity index (χ2v) is 3.44. The van der Waals surface area contributed by atoms with Crippen LogP contribution in [0.25, 0.3) is 0 Å². The van der Waals surface area contributed by atoms with E-state index in [-0.39, 0.29) is 0 Å². The predicted molar refractivity (Wildman–Crippen MR) is 44.8 cm³/mol. The molecule has 0 radical (unpaired) electrons. The van der Waals surface area contributed by atoms with Gasteiger partial charge < -0.3 is 14.8 Å². The third-order valence-corrected chi connectivity index (χ3v) is 1.11. The van der Waals surface area contributed by atoms with Crippen LogP contribution >= 0.6 is 0 Å². The van der Waals surface area contributed by atoms with Crippen LogP contribution in [0.1, 0.15) is 20.8 Å². The number of aldehydes is 1. The molecule has 0 spiro atoms. The van der Waals surface area contributed by atoms with Crippen LogP contribution in [0.4, 0.5) is 0 Å². The molecule has 1 unspecified atom stereocenters. The van der Waals surface area contributed by atoms with Crippen molar-refractivity contribution in [1.29, 1.82) is 0 Å². The van der Waals surface area contributed by atoms with E-state index in [4.69, 9.17) is 4.74 Å². The van der Waals surface area contributed by atoms with Gasteiger partial charge in [0, 0.05) is 0 Å². The van der Waals surface area contributed by atoms with Crippen LogP contribution in [0.3, 0.4) is 0 Å². The summed E-state index contributed by atoms with van der Waals surface area (Å²) in [5.41, 5.74) is -0.546. The monoisotopic (exact) mass is 173 g/mol. The Morgan fingerprint density at radius 2 is 2.00 bits per heavy atom. The van der Waals surface area contributed by atoms with E-state index in [9.17, 15) is 9.59 Å². The minimum Gasteiger partial charge on any atom is -0.458 e. The smallest absolute Gasteiger partial charge is 0.331 e. The van der Waals surface area contributed by atoms with E-state index < -0.39 is 17.6 Å². The zero-order valence-corrected chi connectivity index (χ0v) is 7.88. The van der Waals surface area contributed by atoms with E-state index in [0.29, 0.717) is 6.29 Å². The van der Waals surface area contributed by atoms with Gasteiger partial charge in [-0.1, -0.05) is 0 Å². The third kappa shape index (κ3) is 4.08. The van der Waals surface area contributed by atoms with Gasteiger partial charge in [0.05, 0.1) is 0 Å². The molecule has 1 atom stereocenters. The number of carbonyl (C=O) groups excluding carboxylic acids is 2. The molecular weight excluding hydrogens is 158 g/mol. The molecule has 0 aromatic rings. The highest BCUT2D eigenvalue weighted by atomic mass is 16.6. The molecule has 0 aromatic carbocycles. The molecule has 0 rings (SSSR count). The minimum absolute atomic E-state index is 0.522. The fraction of sp³-hybridized carbons (Fsp3) is 0.750. The van der Waals surface area contributed by atoms with Crippen LogP contribution in [0, 0.1) is 0 Å². The zero-order chi connectivity index (χ0) is 9.78. The van der Waals surface area contributed by atoms with E-state index in [0.717, 1.165) is 0 Å². The Balaban J connectivity index is 4.11. The molecule has 1 N–H and O–H groups in total. The Morgan fingerprint density at radius 1 is 1.50 bits per heavy atom. The quantitative estimate of drug-likeness (QED) is 0.374. The molecule has 0 aliphatic carbocycles. The van der Waals surface area contributed by atoms with Crippen molar-refractivity contribution in [3.8, 4) is 0 Å². The third-order valence-electron chi connectivity index (χ3n) is 1.11. The fourth-order valence-corrected chi connectivity index (χ4v) is 0.607. The summed E-state index contributed by atoms with van der Waals surface area (Å²) in [5.74, 6) is -0.542. The Hall–Kier alpha value is -0.900. The van der Waals surface area contributed by atoms with Gasteiger partial charge in [0.25, 0.3) is 0 Å². The van der Waals surface area contributed by atoms with Gasteiger partial charge in [-0.05, 0) is 27.8 Å². The molecule has 4 heteroatoms. The second-order valence-electron chi connectivity index (χ2n) is 3.44. The molecular formula is C8H15NO3. The number of ether oxygens (including phenoxy) is 1. The highest BCUT2D eigenvalue weighted by Crippen LogP contribution is 2.07. The molecule has 0 aromatic heterocycles. The van der Waals surface area contributed by atoms with Gasteiger partial charge >= 0.3 is 5.97 Å². The van der Waals surface area contributed by atoms with Crippen molar-refractivity contribution in [1.82, 2.24) is 5.32 Å². The Bertz CT molecular complexity index is 172. The van der Waals surface area contributed by atoms with E-state index in [1.807, 2.05) is 0 Å². The van der Waals surface area contributed by atoms with Gasteiger partial charge in [-0.2, -0.15) is 0 Å². The second kappa shape index (κ2) is 4.21. The van der Waals surface area contributed by atoms with Crippen molar-refractivity contribution in [2.45, 2.75) is 32.4 Å². The molecule has 0 amide bonds. The molecule has 70 valence electrons. The molecule has 0 heterocycles. The standard InChI is InChI=1S/C8H15NO3/c1-8(2,3)12-7(11)6(5-10)9-4/h5-6,9H,1-4H3. The van der Waals surface area contributed by atoms with Crippen LogP contribution in [0.15, 0.2) is 0 Å². The van der Waals surface area contributed by atoms with Crippen LogP contribution in [0.5, 0.6) is 0 Å². The zero-order valence-electron chi connectivity index (χ0n) is 7.88. The Labute approximate surface area is 72.3 Å². The fourth-order valence-electron chi connectivity index (χ4n) is 0.607. The number of likely N-dealkylation sites (N-methyl/N-ethyl adjacent to an activating group) is 1. The highest BCUT2D eigenvalue weighted by Gasteiger charge is 2.22. The summed E-state index contributed by atoms with van der Waals surface area (Å²) in [4.78, 5) is 21.4. The normalized spacial score (nSPS) is 13.7. The number of rotatable bonds is 3. The van der Waals surface area contributed by atoms with Crippen molar-refractivity contribution >= 4 is 12.3 Å². The summed E-state index contributed by atoms with van der Waals surface area (Å²) in [6.45, 7) is 5.26. The summed E-state index contributed by atoms with van der Waals surface area (Å²) in [6.07, 6.45) is 0.522. The number of carbonyl (C=O) groups is 2. The maximum Gasteiger partial charge on any atom is 0.331 e. The lowest BCUT2D eigenvalue weighted by Gasteiger charge is -2.21. The van der Waals surface area contributed by atoms with Crippen LogP contribution in [-0.4, -0.2) is 30.9 Å². The average molecular weight is 173 g/mol. The maximum atomic E-state index is 11.1. The lowest BCUT2D eigenvalue weighted by molar-refractivity contribution is -0.157. The van der Waals surface area contributed by atoms with Gasteiger partial charge in [0.1, 0.15) is 11.9 Å². The first-order valence-corrected chi connectivity index (χ1v) is 3.76. The van der Waals surface area contributed by atoms with Crippen LogP contribution < -0.4 is 5.32 Å². The molecule has 0 saturated carbocycles. The van der Waals surface area contributed by atoms with Gasteiger partial charge in [-0.3, -0.25) is 0 Å². The van der Waals surface area contributed by atoms with Crippen molar-refractivity contribution in [2.75, 3.05) is 7.05 Å². The molecule has 0 fully saturated rings. The number of nitrogens with one attached hydrogen (secondary N) is 1. The number of hydrogen-bond acceptors (Lipinski definition) is 4. The largest absolute Gasteiger partial charge is 0.458 e. The average Bonchev–Trinajstić information content (AvgIpc) is 1.85. The number of esters is 1. The van der Waals surface area contributed by atoms with Crippen LogP contribution in [-0.2, 0) is 14.3 Å². The lowest BCUT2D eigenvalue weighted by Crippen LogP contribution is -2.40. The summed E-state index contributed by atoms with van der Waals surface area (Å²) in [6, 6.07) is -0.857. The van der Waals surface area contributed by atoms with Gasteiger partial charge in [-0.15, -0.1) is 0 Å². The van der Waals surface area contributed by atoms with Gasteiger partial charge in [0.15, 0.2) is 6.04 Å². The van der Waals surface area contributed by atoms with Crippen LogP contribution in [0.2, 0.25) is 0 Å². The molecule has 4 nitrogen and oxygen atoms in total. The SMILES string of the molecule is CNC(C=O)C(=O)OC(C)(C)C. The lowest BCUT2D eigenvalue weighted by atomic mass is 10.2. The predicted octanol–water partition coefficient (Wildman–Crippen LogP) is 0.115. The Morgan fingerprint density at radius 3 is 2.25 bits per heavy atom. The first kappa shape index (κ1) is 11.1. The summed E-state index contributed by atoms with van der Waals surface area (Å²) in [5, 5.41) is 2.53. The van der Waals surface area contributed by atoms with Gasteiger partial charge in [-0.25, -0.2) is 4.79 Å². The van der Waals surface area contributed by atoms with Crippen molar-refractivity contribution < 1.29 is 14.3 Å². The molecule has 0 bridgehead atoms. The van der Waals surface area contributed by atoms with E-state index in [1.165, 1.54) is 7.05 Å².